The summed E-state index contributed by atoms with van der Waals surface area (Å²) in [4.78, 5) is 81.8. The summed E-state index contributed by atoms with van der Waals surface area (Å²) in [5, 5.41) is 13.8. The van der Waals surface area contributed by atoms with Gasteiger partial charge in [0.2, 0.25) is 11.8 Å². The highest BCUT2D eigenvalue weighted by Gasteiger charge is 2.42. The van der Waals surface area contributed by atoms with Gasteiger partial charge in [0, 0.05) is 66.6 Å². The molecule has 4 N–H and O–H groups in total. The first-order chi connectivity index (χ1) is 23.3. The first kappa shape index (κ1) is 32.7. The van der Waals surface area contributed by atoms with Gasteiger partial charge in [0.1, 0.15) is 5.75 Å². The van der Waals surface area contributed by atoms with Gasteiger partial charge in [-0.05, 0) is 36.4 Å². The van der Waals surface area contributed by atoms with E-state index in [1.54, 1.807) is 30.3 Å². The number of hydrogen-bond donors (Lipinski definition) is 4. The van der Waals surface area contributed by atoms with Crippen LogP contribution in [0.1, 0.15) is 59.2 Å². The molecule has 3 aromatic rings. The van der Waals surface area contributed by atoms with Crippen LogP contribution in [0.4, 0.5) is 4.79 Å². The Balaban J connectivity index is 0.955. The average molecular weight is 675 g/mol. The van der Waals surface area contributed by atoms with Crippen molar-refractivity contribution in [3.05, 3.63) is 65.9 Å². The van der Waals surface area contributed by atoms with Gasteiger partial charge in [0.05, 0.1) is 17.6 Å². The van der Waals surface area contributed by atoms with E-state index in [-0.39, 0.29) is 60.8 Å². The maximum Gasteiger partial charge on any atom is 0.365 e. The van der Waals surface area contributed by atoms with Gasteiger partial charge in [-0.15, -0.1) is 5.06 Å². The third kappa shape index (κ3) is 7.51. The van der Waals surface area contributed by atoms with Crippen LogP contribution in [0.25, 0.3) is 10.8 Å². The molecular weight excluding hydrogens is 640 g/mol. The number of nitrogens with one attached hydrogen (secondary N) is 4. The van der Waals surface area contributed by atoms with Gasteiger partial charge in [0.15, 0.2) is 0 Å². The van der Waals surface area contributed by atoms with E-state index in [0.29, 0.717) is 45.4 Å². The summed E-state index contributed by atoms with van der Waals surface area (Å²) >= 11 is 1.86. The predicted octanol–water partition coefficient (Wildman–Crippen LogP) is 2.82. The Hall–Kier alpha value is -5.18. The summed E-state index contributed by atoms with van der Waals surface area (Å²) in [7, 11) is 0. The lowest BCUT2D eigenvalue weighted by Gasteiger charge is -2.16. The summed E-state index contributed by atoms with van der Waals surface area (Å²) < 4.78 is 5.96. The molecule has 6 rings (SSSR count). The number of hydrogen-bond acceptors (Lipinski definition) is 10. The van der Waals surface area contributed by atoms with Crippen molar-refractivity contribution in [1.29, 1.82) is 0 Å². The van der Waals surface area contributed by atoms with Gasteiger partial charge in [-0.1, -0.05) is 30.7 Å². The third-order valence-corrected chi connectivity index (χ3v) is 9.82. The Kier molecular flexibility index (Phi) is 10.0. The Morgan fingerprint density at radius 3 is 2.48 bits per heavy atom. The van der Waals surface area contributed by atoms with Crippen LogP contribution >= 0.6 is 11.8 Å². The SMILES string of the molecule is O=C(CCCC[C@@H]1SC[C@@H]2NC(=O)N[C@@H]21)NCCNC(=O)c1cccc2c(Oc3ccc(C(=O)ON4C(=O)CCC4=O)cn3)cccc12. The van der Waals surface area contributed by atoms with Crippen LogP contribution < -0.4 is 26.0 Å². The Bertz CT molecular complexity index is 1740. The zero-order chi connectivity index (χ0) is 33.6. The van der Waals surface area contributed by atoms with Crippen molar-refractivity contribution in [2.24, 2.45) is 0 Å². The summed E-state index contributed by atoms with van der Waals surface area (Å²) in [5.74, 6) is -0.907. The number of amides is 6. The quantitative estimate of drug-likeness (QED) is 0.119. The molecule has 0 aliphatic carbocycles. The van der Waals surface area contributed by atoms with E-state index >= 15 is 0 Å². The molecular formula is C33H34N6O8S. The van der Waals surface area contributed by atoms with Crippen molar-refractivity contribution in [2.75, 3.05) is 18.8 Å². The van der Waals surface area contributed by atoms with E-state index in [1.807, 2.05) is 17.8 Å². The molecule has 3 aliphatic rings. The van der Waals surface area contributed by atoms with Gasteiger partial charge in [-0.25, -0.2) is 14.6 Å². The number of carbonyl (C=O) groups is 6. The number of nitrogens with zero attached hydrogens (tertiary/aromatic N) is 2. The standard InChI is InChI=1S/C33H34N6O8S/c40-26(10-2-1-9-25-30-23(18-48-25)37-33(45)38-30)34-15-16-35-31(43)22-7-3-6-21-20(22)5-4-8-24(21)46-27-12-11-19(17-36-27)32(44)47-39-28(41)13-14-29(39)42/h3-8,11-12,17,23,25,30H,1-2,9-10,13-16,18H2,(H,34,40)(H,35,43)(H2,37,38,45)/t23-,25-,30-/m0/s1. The van der Waals surface area contributed by atoms with E-state index in [0.717, 1.165) is 25.0 Å². The van der Waals surface area contributed by atoms with Gasteiger partial charge in [0.25, 0.3) is 17.7 Å². The minimum Gasteiger partial charge on any atom is -0.438 e. The Labute approximate surface area is 279 Å². The van der Waals surface area contributed by atoms with E-state index in [1.165, 1.54) is 18.3 Å². The lowest BCUT2D eigenvalue weighted by atomic mass is 10.0. The molecule has 2 aromatic carbocycles. The molecule has 0 unspecified atom stereocenters. The zero-order valence-electron chi connectivity index (χ0n) is 25.9. The van der Waals surface area contributed by atoms with Gasteiger partial charge in [-0.3, -0.25) is 19.2 Å². The smallest absolute Gasteiger partial charge is 0.365 e. The molecule has 3 saturated heterocycles. The fraction of sp³-hybridized carbons (Fsp3) is 0.364. The normalized spacial score (nSPS) is 19.9. The largest absolute Gasteiger partial charge is 0.438 e. The molecule has 250 valence electrons. The molecule has 6 amide bonds. The fourth-order valence-electron chi connectivity index (χ4n) is 5.87. The molecule has 14 nitrogen and oxygen atoms in total. The highest BCUT2D eigenvalue weighted by atomic mass is 32.2. The second-order valence-electron chi connectivity index (χ2n) is 11.6. The minimum absolute atomic E-state index is 0.00542. The maximum atomic E-state index is 13.1. The van der Waals surface area contributed by atoms with Crippen LogP contribution in [0.5, 0.6) is 11.6 Å². The first-order valence-electron chi connectivity index (χ1n) is 15.7. The fourth-order valence-corrected chi connectivity index (χ4v) is 7.41. The van der Waals surface area contributed by atoms with Gasteiger partial charge >= 0.3 is 12.0 Å². The second-order valence-corrected chi connectivity index (χ2v) is 12.9. The topological polar surface area (TPSA) is 185 Å². The number of fused-ring (bicyclic) bond motifs is 2. The Morgan fingerprint density at radius 1 is 0.917 bits per heavy atom. The van der Waals surface area contributed by atoms with Crippen molar-refractivity contribution in [1.82, 2.24) is 31.3 Å². The Morgan fingerprint density at radius 2 is 1.69 bits per heavy atom. The lowest BCUT2D eigenvalue weighted by Crippen LogP contribution is -2.36. The number of pyridine rings is 1. The molecule has 0 radical (unpaired) electrons. The van der Waals surface area contributed by atoms with Crippen LogP contribution in [-0.2, 0) is 19.2 Å². The molecule has 0 spiro atoms. The number of unbranched alkanes of at least 4 members (excludes halogenated alkanes) is 1. The summed E-state index contributed by atoms with van der Waals surface area (Å²) in [6.07, 6.45) is 4.20. The number of rotatable bonds is 13. The van der Waals surface area contributed by atoms with Gasteiger partial charge < -0.3 is 30.8 Å². The number of benzene rings is 2. The number of thioether (sulfide) groups is 1. The monoisotopic (exact) mass is 674 g/mol. The summed E-state index contributed by atoms with van der Waals surface area (Å²) in [6.45, 7) is 0.550. The predicted molar refractivity (Wildman–Crippen MR) is 174 cm³/mol. The van der Waals surface area contributed by atoms with Crippen LogP contribution in [-0.4, -0.2) is 81.9 Å². The van der Waals surface area contributed by atoms with E-state index in [4.69, 9.17) is 9.57 Å². The van der Waals surface area contributed by atoms with Crippen molar-refractivity contribution in [2.45, 2.75) is 55.9 Å². The highest BCUT2D eigenvalue weighted by molar-refractivity contribution is 8.00. The molecule has 48 heavy (non-hydrogen) atoms. The first-order valence-corrected chi connectivity index (χ1v) is 16.8. The van der Waals surface area contributed by atoms with Crippen LogP contribution in [0.3, 0.4) is 0 Å². The lowest BCUT2D eigenvalue weighted by molar-refractivity contribution is -0.172. The number of aromatic nitrogens is 1. The number of hydroxylamine groups is 2. The molecule has 0 bridgehead atoms. The summed E-state index contributed by atoms with van der Waals surface area (Å²) in [5.41, 5.74) is 0.459. The van der Waals surface area contributed by atoms with Crippen molar-refractivity contribution >= 4 is 58.2 Å². The number of carbonyl (C=O) groups excluding carboxylic acids is 6. The number of imide groups is 1. The van der Waals surface area contributed by atoms with Crippen molar-refractivity contribution < 1.29 is 38.3 Å². The molecule has 15 heteroatoms. The molecule has 3 atom stereocenters. The van der Waals surface area contributed by atoms with Crippen LogP contribution in [0.2, 0.25) is 0 Å². The molecule has 3 aliphatic heterocycles. The minimum atomic E-state index is -0.898. The third-order valence-electron chi connectivity index (χ3n) is 8.31. The van der Waals surface area contributed by atoms with E-state index < -0.39 is 17.8 Å². The van der Waals surface area contributed by atoms with Crippen molar-refractivity contribution in [3.63, 3.8) is 0 Å². The van der Waals surface area contributed by atoms with E-state index in [2.05, 4.69) is 26.3 Å². The molecule has 4 heterocycles. The van der Waals surface area contributed by atoms with Crippen LogP contribution in [0, 0.1) is 0 Å². The zero-order valence-corrected chi connectivity index (χ0v) is 26.7. The average Bonchev–Trinajstić information content (AvgIpc) is 3.75. The molecule has 1 aromatic heterocycles. The summed E-state index contributed by atoms with van der Waals surface area (Å²) in [6, 6.07) is 13.6. The maximum absolute atomic E-state index is 13.1. The molecule has 0 saturated carbocycles. The van der Waals surface area contributed by atoms with E-state index in [9.17, 15) is 28.8 Å². The number of ether oxygens (including phenoxy) is 1. The highest BCUT2D eigenvalue weighted by Crippen LogP contribution is 2.33. The van der Waals surface area contributed by atoms with Crippen LogP contribution in [0.15, 0.2) is 54.7 Å². The number of urea groups is 1. The second kappa shape index (κ2) is 14.7. The van der Waals surface area contributed by atoms with Crippen molar-refractivity contribution in [3.8, 4) is 11.6 Å². The molecule has 3 fully saturated rings. The van der Waals surface area contributed by atoms with Gasteiger partial charge in [-0.2, -0.15) is 11.8 Å².